The number of pyridine rings is 1. The average Bonchev–Trinajstić information content (AvgIpc) is 3.43. The molecule has 0 saturated heterocycles. The topological polar surface area (TPSA) is 131 Å². The first-order valence-electron chi connectivity index (χ1n) is 11.9. The van der Waals surface area contributed by atoms with Crippen LogP contribution >= 0.6 is 11.3 Å². The van der Waals surface area contributed by atoms with Crippen LogP contribution in [0.4, 0.5) is 17.5 Å². The van der Waals surface area contributed by atoms with Crippen molar-refractivity contribution in [1.29, 1.82) is 0 Å². The van der Waals surface area contributed by atoms with E-state index in [1.807, 2.05) is 50.2 Å². The van der Waals surface area contributed by atoms with Gasteiger partial charge in [-0.15, -0.1) is 11.3 Å². The molecule has 10 nitrogen and oxygen atoms in total. The van der Waals surface area contributed by atoms with Gasteiger partial charge in [0.2, 0.25) is 5.95 Å². The van der Waals surface area contributed by atoms with Gasteiger partial charge in [-0.05, 0) is 44.5 Å². The molecule has 1 aromatic carbocycles. The number of esters is 1. The molecule has 0 aliphatic heterocycles. The molecule has 4 aromatic rings. The van der Waals surface area contributed by atoms with Crippen LogP contribution in [0.1, 0.15) is 17.8 Å². The molecule has 3 N–H and O–H groups in total. The summed E-state index contributed by atoms with van der Waals surface area (Å²) in [5.41, 5.74) is 4.17. The Labute approximate surface area is 218 Å². The molecule has 4 unspecified atom stereocenters. The summed E-state index contributed by atoms with van der Waals surface area (Å²) in [7, 11) is 2.82. The van der Waals surface area contributed by atoms with Crippen LogP contribution in [0.15, 0.2) is 42.6 Å². The molecule has 1 saturated carbocycles. The molecule has 5 rings (SSSR count). The Hall–Kier alpha value is -3.67. The quantitative estimate of drug-likeness (QED) is 0.309. The number of para-hydroxylation sites is 1. The Morgan fingerprint density at radius 3 is 2.57 bits per heavy atom. The van der Waals surface area contributed by atoms with E-state index in [4.69, 9.17) is 19.4 Å². The summed E-state index contributed by atoms with van der Waals surface area (Å²) >= 11 is 1.54. The molecule has 1 fully saturated rings. The van der Waals surface area contributed by atoms with Crippen LogP contribution < -0.4 is 10.6 Å². The molecule has 0 amide bonds. The maximum absolute atomic E-state index is 12.3. The summed E-state index contributed by atoms with van der Waals surface area (Å²) in [5, 5.41) is 18.2. The lowest BCUT2D eigenvalue weighted by atomic mass is 10.1. The van der Waals surface area contributed by atoms with E-state index in [0.717, 1.165) is 32.3 Å². The van der Waals surface area contributed by atoms with Gasteiger partial charge in [0.05, 0.1) is 41.0 Å². The van der Waals surface area contributed by atoms with Gasteiger partial charge in [-0.2, -0.15) is 4.98 Å². The highest BCUT2D eigenvalue weighted by Gasteiger charge is 2.47. The molecule has 0 spiro atoms. The summed E-state index contributed by atoms with van der Waals surface area (Å²) in [6, 6.07) is 11.3. The lowest BCUT2D eigenvalue weighted by molar-refractivity contribution is -0.149. The molecule has 192 valence electrons. The van der Waals surface area contributed by atoms with Gasteiger partial charge in [-0.1, -0.05) is 12.1 Å². The fourth-order valence-electron chi connectivity index (χ4n) is 4.75. The van der Waals surface area contributed by atoms with Crippen LogP contribution in [-0.2, 0) is 14.3 Å². The number of fused-ring (bicyclic) bond motifs is 1. The van der Waals surface area contributed by atoms with Crippen LogP contribution in [0.5, 0.6) is 0 Å². The van der Waals surface area contributed by atoms with Crippen molar-refractivity contribution in [2.75, 3.05) is 24.9 Å². The molecule has 0 bridgehead atoms. The van der Waals surface area contributed by atoms with Crippen LogP contribution in [0, 0.1) is 19.8 Å². The van der Waals surface area contributed by atoms with Crippen LogP contribution in [-0.4, -0.2) is 63.5 Å². The molecule has 37 heavy (non-hydrogen) atoms. The maximum Gasteiger partial charge on any atom is 0.311 e. The summed E-state index contributed by atoms with van der Waals surface area (Å²) in [4.78, 5) is 30.8. The standard InChI is InChI=1S/C26H28N6O4S/c1-13-9-15(10-14(2)28-13)29-26-27-12-17(24-31-18-7-5-6-8-20(18)37-24)23(32-26)30-19-11-16(25(34)36-4)21(33)22(19)35-3/h5-10,12,16,19,21-22,33H,11H2,1-4H3,(H2,27,28,29,30,32). The van der Waals surface area contributed by atoms with Crippen molar-refractivity contribution in [3.8, 4) is 10.6 Å². The number of benzene rings is 1. The molecule has 4 atom stereocenters. The number of ether oxygens (including phenoxy) is 2. The molecular formula is C26H28N6O4S. The van der Waals surface area contributed by atoms with E-state index in [1.54, 1.807) is 6.20 Å². The third-order valence-electron chi connectivity index (χ3n) is 6.40. The van der Waals surface area contributed by atoms with Crippen LogP contribution in [0.25, 0.3) is 20.8 Å². The average molecular weight is 521 g/mol. The number of anilines is 3. The molecule has 1 aliphatic rings. The summed E-state index contributed by atoms with van der Waals surface area (Å²) in [6.07, 6.45) is 0.398. The predicted octanol–water partition coefficient (Wildman–Crippen LogP) is 3.86. The summed E-state index contributed by atoms with van der Waals surface area (Å²) < 4.78 is 11.5. The smallest absolute Gasteiger partial charge is 0.311 e. The number of rotatable bonds is 7. The summed E-state index contributed by atoms with van der Waals surface area (Å²) in [5.74, 6) is -0.280. The SMILES string of the molecule is COC(=O)C1CC(Nc2nc(Nc3cc(C)nc(C)c3)ncc2-c2nc3ccccc3s2)C(OC)C1O. The predicted molar refractivity (Wildman–Crippen MR) is 142 cm³/mol. The Bertz CT molecular complexity index is 1390. The minimum absolute atomic E-state index is 0.321. The van der Waals surface area contributed by atoms with Gasteiger partial charge in [-0.25, -0.2) is 9.97 Å². The number of methoxy groups -OCH3 is 2. The third kappa shape index (κ3) is 5.10. The minimum Gasteiger partial charge on any atom is -0.469 e. The highest BCUT2D eigenvalue weighted by molar-refractivity contribution is 7.21. The van der Waals surface area contributed by atoms with E-state index in [0.29, 0.717) is 23.8 Å². The number of carbonyl (C=O) groups excluding carboxylic acids is 1. The van der Waals surface area contributed by atoms with Crippen LogP contribution in [0.2, 0.25) is 0 Å². The van der Waals surface area contributed by atoms with Crippen molar-refractivity contribution in [3.63, 3.8) is 0 Å². The number of aliphatic hydroxyl groups excluding tert-OH is 1. The number of aromatic nitrogens is 4. The van der Waals surface area contributed by atoms with Crippen molar-refractivity contribution < 1.29 is 19.4 Å². The number of nitrogens with zero attached hydrogens (tertiary/aromatic N) is 4. The van der Waals surface area contributed by atoms with Gasteiger partial charge in [0.15, 0.2) is 0 Å². The van der Waals surface area contributed by atoms with E-state index < -0.39 is 30.1 Å². The number of aliphatic hydroxyl groups is 1. The lowest BCUT2D eigenvalue weighted by Gasteiger charge is -2.23. The van der Waals surface area contributed by atoms with Gasteiger partial charge in [-0.3, -0.25) is 9.78 Å². The number of aryl methyl sites for hydroxylation is 2. The van der Waals surface area contributed by atoms with Gasteiger partial charge in [0.1, 0.15) is 16.9 Å². The number of thiazole rings is 1. The first kappa shape index (κ1) is 25.0. The Balaban J connectivity index is 1.53. The Morgan fingerprint density at radius 1 is 1.11 bits per heavy atom. The molecule has 3 aromatic heterocycles. The molecule has 11 heteroatoms. The normalized spacial score (nSPS) is 21.2. The van der Waals surface area contributed by atoms with E-state index in [1.165, 1.54) is 25.6 Å². The van der Waals surface area contributed by atoms with E-state index in [2.05, 4.69) is 20.6 Å². The second kappa shape index (κ2) is 10.4. The fourth-order valence-corrected chi connectivity index (χ4v) is 5.73. The van der Waals surface area contributed by atoms with Gasteiger partial charge in [0, 0.05) is 30.4 Å². The largest absolute Gasteiger partial charge is 0.469 e. The first-order chi connectivity index (χ1) is 17.9. The monoisotopic (exact) mass is 520 g/mol. The summed E-state index contributed by atoms with van der Waals surface area (Å²) in [6.45, 7) is 3.85. The number of nitrogens with one attached hydrogen (secondary N) is 2. The van der Waals surface area contributed by atoms with Gasteiger partial charge >= 0.3 is 5.97 Å². The highest BCUT2D eigenvalue weighted by atomic mass is 32.1. The third-order valence-corrected chi connectivity index (χ3v) is 7.47. The number of hydrogen-bond acceptors (Lipinski definition) is 11. The fraction of sp³-hybridized carbons (Fsp3) is 0.346. The second-order valence-corrected chi connectivity index (χ2v) is 10.0. The van der Waals surface area contributed by atoms with Crippen molar-refractivity contribution in [1.82, 2.24) is 19.9 Å². The molecule has 1 aliphatic carbocycles. The minimum atomic E-state index is -1.01. The molecule has 3 heterocycles. The van der Waals surface area contributed by atoms with E-state index in [-0.39, 0.29) is 0 Å². The van der Waals surface area contributed by atoms with E-state index >= 15 is 0 Å². The Kier molecular flexibility index (Phi) is 7.00. The highest BCUT2D eigenvalue weighted by Crippen LogP contribution is 2.37. The van der Waals surface area contributed by atoms with E-state index in [9.17, 15) is 9.90 Å². The zero-order valence-corrected chi connectivity index (χ0v) is 21.7. The van der Waals surface area contributed by atoms with Crippen molar-refractivity contribution >= 4 is 45.0 Å². The molecule has 0 radical (unpaired) electrons. The lowest BCUT2D eigenvalue weighted by Crippen LogP contribution is -2.38. The van der Waals surface area contributed by atoms with Crippen LogP contribution in [0.3, 0.4) is 0 Å². The van der Waals surface area contributed by atoms with Crippen molar-refractivity contribution in [2.45, 2.75) is 38.5 Å². The number of carbonyl (C=O) groups is 1. The van der Waals surface area contributed by atoms with Gasteiger partial charge in [0.25, 0.3) is 0 Å². The van der Waals surface area contributed by atoms with Gasteiger partial charge < -0.3 is 25.2 Å². The van der Waals surface area contributed by atoms with Crippen molar-refractivity contribution in [2.24, 2.45) is 5.92 Å². The zero-order chi connectivity index (χ0) is 26.1. The van der Waals surface area contributed by atoms with Crippen molar-refractivity contribution in [3.05, 3.63) is 54.0 Å². The second-order valence-electron chi connectivity index (χ2n) is 9.01. The first-order valence-corrected chi connectivity index (χ1v) is 12.7. The zero-order valence-electron chi connectivity index (χ0n) is 20.9. The maximum atomic E-state index is 12.3. The Morgan fingerprint density at radius 2 is 1.86 bits per heavy atom. The number of hydrogen-bond donors (Lipinski definition) is 3. The molecular weight excluding hydrogens is 492 g/mol.